The molecule has 0 spiro atoms. The Morgan fingerprint density at radius 1 is 1.27 bits per heavy atom. The molecule has 0 aliphatic carbocycles. The van der Waals surface area contributed by atoms with Gasteiger partial charge in [0, 0.05) is 5.21 Å². The van der Waals surface area contributed by atoms with Crippen LogP contribution in [0.5, 0.6) is 0 Å². The van der Waals surface area contributed by atoms with Crippen molar-refractivity contribution in [2.24, 2.45) is 0 Å². The molecule has 1 rings (SSSR count). The largest absolute Gasteiger partial charge is 0.369 e. The molecular formula is C4HCl5N4O2. The van der Waals surface area contributed by atoms with Crippen molar-refractivity contribution in [1.82, 2.24) is 15.4 Å². The summed E-state index contributed by atoms with van der Waals surface area (Å²) in [6, 6.07) is 0. The van der Waals surface area contributed by atoms with Crippen LogP contribution in [0.1, 0.15) is 5.69 Å². The van der Waals surface area contributed by atoms with Crippen molar-refractivity contribution in [3.8, 4) is 0 Å². The van der Waals surface area contributed by atoms with Crippen LogP contribution in [0.15, 0.2) is 0 Å². The van der Waals surface area contributed by atoms with Crippen LogP contribution in [-0.4, -0.2) is 24.1 Å². The van der Waals surface area contributed by atoms with Crippen molar-refractivity contribution < 1.29 is 4.92 Å². The lowest BCUT2D eigenvalue weighted by Gasteiger charge is -2.24. The third-order valence-electron chi connectivity index (χ3n) is 1.37. The molecule has 0 aliphatic heterocycles. The van der Waals surface area contributed by atoms with Crippen molar-refractivity contribution in [3.05, 3.63) is 15.8 Å². The summed E-state index contributed by atoms with van der Waals surface area (Å²) in [6.45, 7) is 0. The van der Waals surface area contributed by atoms with Gasteiger partial charge in [-0.25, -0.2) is 0 Å². The summed E-state index contributed by atoms with van der Waals surface area (Å²) in [7, 11) is 0. The predicted molar refractivity (Wildman–Crippen MR) is 56.7 cm³/mol. The molecule has 0 amide bonds. The van der Waals surface area contributed by atoms with E-state index in [0.717, 1.165) is 0 Å². The van der Waals surface area contributed by atoms with Crippen LogP contribution in [0.3, 0.4) is 0 Å². The van der Waals surface area contributed by atoms with E-state index >= 15 is 0 Å². The van der Waals surface area contributed by atoms with E-state index in [9.17, 15) is 10.1 Å². The minimum atomic E-state index is -2.18. The minimum Gasteiger partial charge on any atom is -0.358 e. The molecule has 1 aromatic rings. The maximum atomic E-state index is 10.5. The molecule has 1 heterocycles. The second kappa shape index (κ2) is 4.10. The topological polar surface area (TPSA) is 84.7 Å². The number of aromatic nitrogens is 3. The highest BCUT2D eigenvalue weighted by Gasteiger charge is 2.53. The minimum absolute atomic E-state index is 0.462. The van der Waals surface area contributed by atoms with Gasteiger partial charge in [-0.05, 0) is 4.92 Å². The van der Waals surface area contributed by atoms with Crippen LogP contribution in [0, 0.1) is 10.1 Å². The van der Waals surface area contributed by atoms with Crippen LogP contribution < -0.4 is 0 Å². The zero-order valence-corrected chi connectivity index (χ0v) is 10.3. The maximum Gasteiger partial charge on any atom is 0.369 e. The van der Waals surface area contributed by atoms with E-state index in [0.29, 0.717) is 0 Å². The summed E-state index contributed by atoms with van der Waals surface area (Å²) in [5.41, 5.74) is -0.462. The van der Waals surface area contributed by atoms with Gasteiger partial charge in [-0.1, -0.05) is 58.0 Å². The van der Waals surface area contributed by atoms with Gasteiger partial charge in [0.2, 0.25) is 13.8 Å². The fraction of sp³-hybridized carbons (Fsp3) is 0.500. The molecule has 0 unspecified atom stereocenters. The number of alkyl halides is 5. The normalized spacial score (nSPS) is 12.9. The van der Waals surface area contributed by atoms with Crippen molar-refractivity contribution in [2.45, 2.75) is 8.13 Å². The lowest BCUT2D eigenvalue weighted by atomic mass is 10.3. The van der Waals surface area contributed by atoms with Gasteiger partial charge in [-0.15, -0.1) is 10.2 Å². The summed E-state index contributed by atoms with van der Waals surface area (Å²) < 4.78 is -4.36. The molecule has 1 aromatic heterocycles. The van der Waals surface area contributed by atoms with E-state index in [1.807, 2.05) is 5.10 Å². The third-order valence-corrected chi connectivity index (χ3v) is 3.72. The zero-order chi connectivity index (χ0) is 11.9. The molecule has 15 heavy (non-hydrogen) atoms. The molecule has 0 radical (unpaired) electrons. The molecule has 0 aromatic carbocycles. The highest BCUT2D eigenvalue weighted by atomic mass is 35.6. The van der Waals surface area contributed by atoms with Crippen LogP contribution in [0.25, 0.3) is 0 Å². The van der Waals surface area contributed by atoms with Crippen LogP contribution in [0.2, 0.25) is 0 Å². The average Bonchev–Trinajstić information content (AvgIpc) is 2.48. The van der Waals surface area contributed by atoms with Gasteiger partial charge in [-0.3, -0.25) is 0 Å². The summed E-state index contributed by atoms with van der Waals surface area (Å²) in [4.78, 5) is 9.68. The SMILES string of the molecule is O=[N+]([O-])c1[nH]nnc1C(Cl)(Cl)C(Cl)(Cl)Cl. The van der Waals surface area contributed by atoms with E-state index in [1.165, 1.54) is 0 Å². The molecule has 1 N–H and O–H groups in total. The first-order chi connectivity index (χ1) is 6.68. The quantitative estimate of drug-likeness (QED) is 0.517. The van der Waals surface area contributed by atoms with Gasteiger partial charge in [0.1, 0.15) is 0 Å². The lowest BCUT2D eigenvalue weighted by Crippen LogP contribution is -2.29. The van der Waals surface area contributed by atoms with E-state index < -0.39 is 24.6 Å². The Balaban J connectivity index is 3.27. The molecule has 6 nitrogen and oxygen atoms in total. The Morgan fingerprint density at radius 3 is 2.20 bits per heavy atom. The Morgan fingerprint density at radius 2 is 1.80 bits per heavy atom. The molecule has 0 bridgehead atoms. The van der Waals surface area contributed by atoms with E-state index in [2.05, 4.69) is 10.3 Å². The standard InChI is InChI=1S/C4HCl5N4O2/c5-3(6,4(7,8)9)1-2(13(14)15)11-12-10-1/h(H,10,11,12). The molecule has 0 saturated heterocycles. The van der Waals surface area contributed by atoms with E-state index in [-0.39, 0.29) is 0 Å². The second-order valence-corrected chi connectivity index (χ2v) is 5.95. The maximum absolute atomic E-state index is 10.5. The van der Waals surface area contributed by atoms with Crippen molar-refractivity contribution in [2.75, 3.05) is 0 Å². The Kier molecular flexibility index (Phi) is 3.57. The Bertz CT molecular complexity index is 385. The van der Waals surface area contributed by atoms with Gasteiger partial charge >= 0.3 is 5.82 Å². The number of nitro groups is 1. The zero-order valence-electron chi connectivity index (χ0n) is 6.55. The molecule has 0 saturated carbocycles. The van der Waals surface area contributed by atoms with Crippen molar-refractivity contribution >= 4 is 63.8 Å². The highest BCUT2D eigenvalue weighted by molar-refractivity contribution is 6.75. The first-order valence-electron chi connectivity index (χ1n) is 3.18. The smallest absolute Gasteiger partial charge is 0.358 e. The van der Waals surface area contributed by atoms with Crippen LogP contribution in [0.4, 0.5) is 5.82 Å². The average molecular weight is 314 g/mol. The molecule has 11 heteroatoms. The molecular weight excluding hydrogens is 313 g/mol. The predicted octanol–water partition coefficient (Wildman–Crippen LogP) is 2.71. The third kappa shape index (κ3) is 2.39. The summed E-state index contributed by atoms with van der Waals surface area (Å²) >= 11 is 27.7. The van der Waals surface area contributed by atoms with Crippen LogP contribution in [-0.2, 0) is 4.33 Å². The van der Waals surface area contributed by atoms with Gasteiger partial charge in [0.05, 0.1) is 0 Å². The van der Waals surface area contributed by atoms with Gasteiger partial charge in [0.15, 0.2) is 0 Å². The molecule has 0 atom stereocenters. The Labute approximate surface area is 108 Å². The fourth-order valence-corrected chi connectivity index (χ4v) is 1.22. The van der Waals surface area contributed by atoms with Gasteiger partial charge in [0.25, 0.3) is 0 Å². The fourth-order valence-electron chi connectivity index (χ4n) is 0.696. The number of H-pyrrole nitrogens is 1. The molecule has 84 valence electrons. The summed E-state index contributed by atoms with van der Waals surface area (Å²) in [5.74, 6) is -0.633. The number of hydrogen-bond acceptors (Lipinski definition) is 4. The van der Waals surface area contributed by atoms with E-state index in [4.69, 9.17) is 58.0 Å². The molecule has 0 fully saturated rings. The summed E-state index contributed by atoms with van der Waals surface area (Å²) in [5, 5.41) is 19.0. The van der Waals surface area contributed by atoms with Gasteiger partial charge in [-0.2, -0.15) is 0 Å². The monoisotopic (exact) mass is 312 g/mol. The van der Waals surface area contributed by atoms with Gasteiger partial charge < -0.3 is 10.1 Å². The molecule has 0 aliphatic rings. The number of nitrogens with one attached hydrogen (secondary N) is 1. The number of rotatable bonds is 2. The lowest BCUT2D eigenvalue weighted by molar-refractivity contribution is -0.390. The van der Waals surface area contributed by atoms with Crippen LogP contribution >= 0.6 is 58.0 Å². The first kappa shape index (κ1) is 13.1. The summed E-state index contributed by atoms with van der Waals surface area (Å²) in [6.07, 6.45) is 0. The van der Waals surface area contributed by atoms with E-state index in [1.54, 1.807) is 0 Å². The number of aromatic amines is 1. The first-order valence-corrected chi connectivity index (χ1v) is 5.07. The van der Waals surface area contributed by atoms with Crippen molar-refractivity contribution in [1.29, 1.82) is 0 Å². The number of halogens is 5. The number of nitrogens with zero attached hydrogens (tertiary/aromatic N) is 3. The second-order valence-electron chi connectivity index (χ2n) is 2.34. The Hall–Kier alpha value is -0.01000. The highest BCUT2D eigenvalue weighted by Crippen LogP contribution is 2.53. The van der Waals surface area contributed by atoms with Crippen molar-refractivity contribution in [3.63, 3.8) is 0 Å². The number of hydrogen-bond donors (Lipinski definition) is 1.